The van der Waals surface area contributed by atoms with Crippen LogP contribution >= 0.6 is 10.7 Å². The van der Waals surface area contributed by atoms with Gasteiger partial charge in [-0.1, -0.05) is 13.8 Å². The first-order valence-electron chi connectivity index (χ1n) is 5.38. The molecular weight excluding hydrogens is 276 g/mol. The van der Waals surface area contributed by atoms with Crippen LogP contribution in [0, 0.1) is 0 Å². The van der Waals surface area contributed by atoms with Gasteiger partial charge in [-0.2, -0.15) is 5.10 Å². The second kappa shape index (κ2) is 5.58. The summed E-state index contributed by atoms with van der Waals surface area (Å²) in [4.78, 5) is -0.0396. The van der Waals surface area contributed by atoms with Gasteiger partial charge in [0.2, 0.25) is 0 Å². The monoisotopic (exact) mass is 290 g/mol. The lowest BCUT2D eigenvalue weighted by molar-refractivity contribution is 0.404. The average molecular weight is 291 g/mol. The fourth-order valence-corrected chi connectivity index (χ4v) is 2.88. The quantitative estimate of drug-likeness (QED) is 0.798. The summed E-state index contributed by atoms with van der Waals surface area (Å²) in [6.07, 6.45) is 1.45. The predicted molar refractivity (Wildman–Crippen MR) is 71.7 cm³/mol. The molecule has 5 nitrogen and oxygen atoms in total. The van der Waals surface area contributed by atoms with E-state index in [0.717, 1.165) is 0 Å². The molecule has 0 aliphatic carbocycles. The van der Waals surface area contributed by atoms with Crippen molar-refractivity contribution in [2.24, 2.45) is 7.05 Å². The minimum Gasteiger partial charge on any atom is -0.495 e. The Kier molecular flexibility index (Phi) is 4.59. The predicted octanol–water partition coefficient (Wildman–Crippen LogP) is 2.54. The number of methoxy groups -OCH3 is 1. The maximum absolute atomic E-state index is 11.5. The van der Waals surface area contributed by atoms with E-state index in [1.54, 1.807) is 23.9 Å². The number of hydrogen-bond acceptors (Lipinski definition) is 4. The Morgan fingerprint density at radius 1 is 1.33 bits per heavy atom. The molecule has 1 aromatic heterocycles. The average Bonchev–Trinajstić information content (AvgIpc) is 2.71. The molecule has 18 heavy (non-hydrogen) atoms. The number of fused-ring (bicyclic) bond motifs is 1. The molecule has 0 radical (unpaired) electrons. The fraction of sp³-hybridized carbons (Fsp3) is 0.364. The van der Waals surface area contributed by atoms with E-state index in [2.05, 4.69) is 5.10 Å². The van der Waals surface area contributed by atoms with Gasteiger partial charge < -0.3 is 4.74 Å². The summed E-state index contributed by atoms with van der Waals surface area (Å²) in [5.41, 5.74) is 0.681. The van der Waals surface area contributed by atoms with Crippen LogP contribution in [0.3, 0.4) is 0 Å². The Bertz CT molecular complexity index is 650. The highest BCUT2D eigenvalue weighted by Gasteiger charge is 2.21. The van der Waals surface area contributed by atoms with Crippen molar-refractivity contribution in [2.75, 3.05) is 7.11 Å². The molecule has 0 N–H and O–H groups in total. The summed E-state index contributed by atoms with van der Waals surface area (Å²) in [5.74, 6) is 0.218. The largest absolute Gasteiger partial charge is 0.495 e. The van der Waals surface area contributed by atoms with Crippen molar-refractivity contribution in [1.82, 2.24) is 9.78 Å². The highest BCUT2D eigenvalue weighted by molar-refractivity contribution is 8.14. The smallest absolute Gasteiger partial charge is 0.265 e. The first kappa shape index (κ1) is 14.8. The molecule has 0 aliphatic rings. The van der Waals surface area contributed by atoms with E-state index < -0.39 is 9.05 Å². The molecule has 0 unspecified atom stereocenters. The molecule has 1 heterocycles. The maximum atomic E-state index is 11.5. The van der Waals surface area contributed by atoms with Crippen molar-refractivity contribution in [3.8, 4) is 5.75 Å². The third-order valence-electron chi connectivity index (χ3n) is 2.31. The van der Waals surface area contributed by atoms with Crippen LogP contribution in [0.15, 0.2) is 23.2 Å². The minimum absolute atomic E-state index is 0.0396. The molecule has 2 aromatic rings. The van der Waals surface area contributed by atoms with Gasteiger partial charge in [0.05, 0.1) is 18.8 Å². The van der Waals surface area contributed by atoms with Gasteiger partial charge in [-0.05, 0) is 12.1 Å². The third-order valence-corrected chi connectivity index (χ3v) is 3.68. The van der Waals surface area contributed by atoms with Gasteiger partial charge in [-0.25, -0.2) is 8.42 Å². The van der Waals surface area contributed by atoms with Gasteiger partial charge in [-0.15, -0.1) is 0 Å². The lowest BCUT2D eigenvalue weighted by Gasteiger charge is -2.06. The zero-order valence-electron chi connectivity index (χ0n) is 10.6. The molecule has 1 aromatic carbocycles. The first-order valence-corrected chi connectivity index (χ1v) is 7.69. The summed E-state index contributed by atoms with van der Waals surface area (Å²) in [5, 5.41) is 4.44. The molecule has 100 valence electrons. The molecule has 0 bridgehead atoms. The zero-order chi connectivity index (χ0) is 13.9. The second-order valence-corrected chi connectivity index (χ2v) is 5.74. The van der Waals surface area contributed by atoms with Crippen molar-refractivity contribution < 1.29 is 13.2 Å². The van der Waals surface area contributed by atoms with Gasteiger partial charge in [-0.3, -0.25) is 4.68 Å². The number of ether oxygens (including phenoxy) is 1. The van der Waals surface area contributed by atoms with E-state index in [1.165, 1.54) is 13.3 Å². The number of hydrogen-bond donors (Lipinski definition) is 0. The summed E-state index contributed by atoms with van der Waals surface area (Å²) >= 11 is 0. The minimum atomic E-state index is -3.86. The van der Waals surface area contributed by atoms with E-state index in [0.29, 0.717) is 10.9 Å². The number of nitrogens with zero attached hydrogens (tertiary/aromatic N) is 2. The van der Waals surface area contributed by atoms with Crippen LogP contribution in [-0.4, -0.2) is 25.3 Å². The molecule has 0 fully saturated rings. The van der Waals surface area contributed by atoms with E-state index in [9.17, 15) is 8.42 Å². The number of benzene rings is 1. The lowest BCUT2D eigenvalue weighted by Crippen LogP contribution is -1.97. The molecule has 0 aliphatic heterocycles. The zero-order valence-corrected chi connectivity index (χ0v) is 12.2. The number of halogens is 1. The number of aryl methyl sites for hydroxylation is 1. The van der Waals surface area contributed by atoms with Crippen molar-refractivity contribution in [2.45, 2.75) is 18.7 Å². The molecule has 0 saturated heterocycles. The molecule has 0 amide bonds. The third kappa shape index (κ3) is 2.59. The van der Waals surface area contributed by atoms with Crippen molar-refractivity contribution in [3.63, 3.8) is 0 Å². The Morgan fingerprint density at radius 3 is 2.44 bits per heavy atom. The van der Waals surface area contributed by atoms with Crippen LogP contribution in [0.4, 0.5) is 0 Å². The Hall–Kier alpha value is -1.27. The van der Waals surface area contributed by atoms with Crippen LogP contribution in [0.5, 0.6) is 5.75 Å². The van der Waals surface area contributed by atoms with Crippen LogP contribution in [0.2, 0.25) is 0 Å². The standard InChI is InChI=1S/C9H9ClN2O3S.C2H6/c1-12-7-3-4-8(15-2)9(16(10,13)14)6(7)5-11-12;1-2/h3-5H,1-2H3;1-2H3. The molecule has 0 spiro atoms. The molecule has 0 atom stereocenters. The van der Waals surface area contributed by atoms with E-state index in [1.807, 2.05) is 13.8 Å². The number of aromatic nitrogens is 2. The molecular formula is C11H15ClN2O3S. The van der Waals surface area contributed by atoms with Gasteiger partial charge in [0.1, 0.15) is 10.6 Å². The van der Waals surface area contributed by atoms with E-state index in [-0.39, 0.29) is 10.6 Å². The van der Waals surface area contributed by atoms with Crippen molar-refractivity contribution in [3.05, 3.63) is 18.3 Å². The lowest BCUT2D eigenvalue weighted by atomic mass is 10.2. The molecule has 7 heteroatoms. The maximum Gasteiger partial charge on any atom is 0.265 e. The highest BCUT2D eigenvalue weighted by atomic mass is 35.7. The van der Waals surface area contributed by atoms with Gasteiger partial charge in [0.25, 0.3) is 9.05 Å². The van der Waals surface area contributed by atoms with E-state index in [4.69, 9.17) is 15.4 Å². The second-order valence-electron chi connectivity index (χ2n) is 3.24. The summed E-state index contributed by atoms with van der Waals surface area (Å²) in [7, 11) is 4.63. The summed E-state index contributed by atoms with van der Waals surface area (Å²) in [6, 6.07) is 3.28. The highest BCUT2D eigenvalue weighted by Crippen LogP contribution is 2.33. The first-order chi connectivity index (χ1) is 8.45. The number of rotatable bonds is 2. The van der Waals surface area contributed by atoms with Crippen LogP contribution < -0.4 is 4.74 Å². The summed E-state index contributed by atoms with van der Waals surface area (Å²) < 4.78 is 29.5. The Morgan fingerprint density at radius 2 is 1.94 bits per heavy atom. The Labute approximate surface area is 111 Å². The van der Waals surface area contributed by atoms with Crippen LogP contribution in [-0.2, 0) is 16.1 Å². The Balaban J connectivity index is 0.000000771. The van der Waals surface area contributed by atoms with Gasteiger partial charge in [0, 0.05) is 23.1 Å². The van der Waals surface area contributed by atoms with Crippen molar-refractivity contribution in [1.29, 1.82) is 0 Å². The van der Waals surface area contributed by atoms with Gasteiger partial charge in [0.15, 0.2) is 0 Å². The van der Waals surface area contributed by atoms with Crippen LogP contribution in [0.25, 0.3) is 10.9 Å². The topological polar surface area (TPSA) is 61.2 Å². The fourth-order valence-electron chi connectivity index (χ4n) is 1.59. The van der Waals surface area contributed by atoms with E-state index >= 15 is 0 Å². The molecule has 0 saturated carbocycles. The SMILES string of the molecule is CC.COc1ccc2c(cnn2C)c1S(=O)(=O)Cl. The molecule has 2 rings (SSSR count). The van der Waals surface area contributed by atoms with Crippen molar-refractivity contribution >= 4 is 30.6 Å². The summed E-state index contributed by atoms with van der Waals surface area (Å²) in [6.45, 7) is 4.00. The normalized spacial score (nSPS) is 10.9. The van der Waals surface area contributed by atoms with Crippen LogP contribution in [0.1, 0.15) is 13.8 Å². The van der Waals surface area contributed by atoms with Gasteiger partial charge >= 0.3 is 0 Å².